The Hall–Kier alpha value is -9.12. The molecule has 4 nitrogen and oxygen atoms in total. The molecule has 14 rings (SSSR count). The van der Waals surface area contributed by atoms with E-state index in [0.717, 1.165) is 45.5 Å². The summed E-state index contributed by atoms with van der Waals surface area (Å²) in [6.07, 6.45) is 0. The molecule has 0 saturated heterocycles. The van der Waals surface area contributed by atoms with Crippen molar-refractivity contribution in [1.82, 2.24) is 9.13 Å². The number of nitrogens with zero attached hydrogens (tertiary/aromatic N) is 4. The Labute approximate surface area is 597 Å². The van der Waals surface area contributed by atoms with Gasteiger partial charge in [-0.1, -0.05) is 263 Å². The van der Waals surface area contributed by atoms with E-state index >= 15 is 0 Å². The lowest BCUT2D eigenvalue weighted by molar-refractivity contribution is 0.590. The van der Waals surface area contributed by atoms with Gasteiger partial charge in [0.15, 0.2) is 0 Å². The van der Waals surface area contributed by atoms with E-state index in [2.05, 4.69) is 391 Å². The normalized spacial score (nSPS) is 13.4. The minimum Gasteiger partial charge on any atom is -0.310 e. The van der Waals surface area contributed by atoms with Gasteiger partial charge in [-0.15, -0.1) is 0 Å². The third-order valence-corrected chi connectivity index (χ3v) is 21.7. The van der Waals surface area contributed by atoms with Crippen LogP contribution in [0, 0.1) is 0 Å². The highest BCUT2D eigenvalue weighted by molar-refractivity contribution is 6.32. The van der Waals surface area contributed by atoms with Gasteiger partial charge in [-0.25, -0.2) is 0 Å². The summed E-state index contributed by atoms with van der Waals surface area (Å²) >= 11 is 0. The van der Waals surface area contributed by atoms with Crippen LogP contribution in [0.2, 0.25) is 0 Å². The number of aromatic nitrogens is 2. The van der Waals surface area contributed by atoms with E-state index in [1.807, 2.05) is 0 Å². The number of rotatable bonds is 8. The van der Waals surface area contributed by atoms with Gasteiger partial charge in [0.2, 0.25) is 0 Å². The van der Waals surface area contributed by atoms with Crippen molar-refractivity contribution < 1.29 is 0 Å². The van der Waals surface area contributed by atoms with Crippen LogP contribution in [0.1, 0.15) is 211 Å². The van der Waals surface area contributed by atoms with Crippen LogP contribution in [0.25, 0.3) is 87.3 Å². The maximum Gasteiger partial charge on any atom is 0.0562 e. The van der Waals surface area contributed by atoms with Crippen LogP contribution in [-0.2, 0) is 43.3 Å². The smallest absolute Gasteiger partial charge is 0.0562 e. The van der Waals surface area contributed by atoms with Crippen molar-refractivity contribution in [1.29, 1.82) is 0 Å². The number of benzene rings is 12. The van der Waals surface area contributed by atoms with E-state index in [-0.39, 0.29) is 43.3 Å². The minimum atomic E-state index is -0.0668. The SMILES string of the molecule is CC(C)(C)c1ccc(N(c2ccc(C(C)(C)C)cc2)c2cc(-n3c4ccc(C(C)(C)C)cc4c4cc(C(C)(C)C)ccc43)c3ccc4c(-n5c6ccc(C(C)(C)C)cc6c6cc(C(C)(C)C)ccc65)cc(N(c5ccc(C(C)(C)C)cc5)c5ccc(C(C)(C)C)cc5)c5ccc2c3c54)cc1. The second-order valence-corrected chi connectivity index (χ2v) is 37.4. The molecule has 0 bridgehead atoms. The summed E-state index contributed by atoms with van der Waals surface area (Å²) in [4.78, 5) is 5.12. The van der Waals surface area contributed by atoms with Crippen LogP contribution >= 0.6 is 0 Å². The second-order valence-electron chi connectivity index (χ2n) is 37.4. The summed E-state index contributed by atoms with van der Waals surface area (Å²) in [7, 11) is 0. The van der Waals surface area contributed by atoms with Gasteiger partial charge < -0.3 is 18.9 Å². The first-order valence-corrected chi connectivity index (χ1v) is 36.6. The Morgan fingerprint density at radius 3 is 0.580 bits per heavy atom. The van der Waals surface area contributed by atoms with Crippen LogP contribution in [-0.4, -0.2) is 9.13 Å². The van der Waals surface area contributed by atoms with Crippen molar-refractivity contribution in [3.05, 3.63) is 251 Å². The lowest BCUT2D eigenvalue weighted by atomic mass is 9.85. The van der Waals surface area contributed by atoms with Crippen molar-refractivity contribution in [3.8, 4) is 11.4 Å². The Kier molecular flexibility index (Phi) is 15.8. The van der Waals surface area contributed by atoms with Crippen molar-refractivity contribution >= 4 is 110 Å². The van der Waals surface area contributed by atoms with Gasteiger partial charge in [0.05, 0.1) is 44.8 Å². The quantitative estimate of drug-likeness (QED) is 0.141. The summed E-state index contributed by atoms with van der Waals surface area (Å²) in [5.74, 6) is 0. The molecule has 0 amide bonds. The Morgan fingerprint density at radius 1 is 0.190 bits per heavy atom. The van der Waals surface area contributed by atoms with Gasteiger partial charge in [0.25, 0.3) is 0 Å². The molecule has 0 unspecified atom stereocenters. The maximum atomic E-state index is 2.62. The summed E-state index contributed by atoms with van der Waals surface area (Å²) in [6, 6.07) is 81.9. The average Bonchev–Trinajstić information content (AvgIpc) is 1.24. The average molecular weight is 1320 g/mol. The molecule has 0 spiro atoms. The molecule has 0 radical (unpaired) electrons. The predicted octanol–water partition coefficient (Wildman–Crippen LogP) is 28.1. The Morgan fingerprint density at radius 2 is 0.380 bits per heavy atom. The molecule has 2 aromatic heterocycles. The summed E-state index contributed by atoms with van der Waals surface area (Å²) < 4.78 is 5.24. The molecule has 14 aromatic rings. The maximum absolute atomic E-state index is 2.62. The van der Waals surface area contributed by atoms with E-state index < -0.39 is 0 Å². The molecule has 0 fully saturated rings. The molecule has 0 aliphatic carbocycles. The fourth-order valence-electron chi connectivity index (χ4n) is 15.4. The molecular weight excluding hydrogens is 1210 g/mol. The van der Waals surface area contributed by atoms with Crippen LogP contribution in [0.4, 0.5) is 34.1 Å². The van der Waals surface area contributed by atoms with Crippen LogP contribution < -0.4 is 9.80 Å². The minimum absolute atomic E-state index is 0.0409. The van der Waals surface area contributed by atoms with Gasteiger partial charge in [0, 0.05) is 76.6 Å². The first-order chi connectivity index (χ1) is 46.6. The summed E-state index contributed by atoms with van der Waals surface area (Å²) in [5, 5.41) is 12.2. The van der Waals surface area contributed by atoms with E-state index in [1.165, 1.54) is 120 Å². The molecule has 0 aliphatic rings. The van der Waals surface area contributed by atoms with Gasteiger partial charge in [-0.05, 0) is 197 Å². The Bertz CT molecular complexity index is 4890. The highest BCUT2D eigenvalue weighted by Crippen LogP contribution is 2.54. The molecule has 510 valence electrons. The highest BCUT2D eigenvalue weighted by Gasteiger charge is 2.32. The first-order valence-electron chi connectivity index (χ1n) is 36.6. The van der Waals surface area contributed by atoms with Gasteiger partial charge >= 0.3 is 0 Å². The zero-order valence-electron chi connectivity index (χ0n) is 64.4. The van der Waals surface area contributed by atoms with Gasteiger partial charge in [-0.3, -0.25) is 0 Å². The van der Waals surface area contributed by atoms with E-state index in [4.69, 9.17) is 0 Å². The van der Waals surface area contributed by atoms with Crippen LogP contribution in [0.5, 0.6) is 0 Å². The van der Waals surface area contributed by atoms with Crippen LogP contribution in [0.15, 0.2) is 206 Å². The lowest BCUT2D eigenvalue weighted by Crippen LogP contribution is -2.16. The molecule has 2 heterocycles. The van der Waals surface area contributed by atoms with E-state index in [1.54, 1.807) is 0 Å². The molecule has 0 atom stereocenters. The molecule has 12 aromatic carbocycles. The number of anilines is 6. The van der Waals surface area contributed by atoms with Crippen molar-refractivity contribution in [2.24, 2.45) is 0 Å². The molecule has 100 heavy (non-hydrogen) atoms. The third kappa shape index (κ3) is 11.8. The van der Waals surface area contributed by atoms with E-state index in [9.17, 15) is 0 Å². The second kappa shape index (κ2) is 23.2. The fraction of sp³-hybridized carbons (Fsp3) is 0.333. The van der Waals surface area contributed by atoms with Crippen molar-refractivity contribution in [2.75, 3.05) is 9.80 Å². The largest absolute Gasteiger partial charge is 0.310 e. The topological polar surface area (TPSA) is 16.3 Å². The molecular formula is C96H106N4. The fourth-order valence-corrected chi connectivity index (χ4v) is 15.4. The Balaban J connectivity index is 1.21. The molecule has 0 saturated carbocycles. The predicted molar refractivity (Wildman–Crippen MR) is 438 cm³/mol. The van der Waals surface area contributed by atoms with Crippen LogP contribution in [0.3, 0.4) is 0 Å². The third-order valence-electron chi connectivity index (χ3n) is 21.7. The van der Waals surface area contributed by atoms with Gasteiger partial charge in [0.1, 0.15) is 0 Å². The molecule has 0 aliphatic heterocycles. The standard InChI is InChI=1S/C96H106N4/c1-89(2,3)59-25-37-67(38-26-59)97(68-39-27-60(28-40-68)90(4,5)6)83-57-85(99-79-49-33-63(93(13,14)15)53-75(79)76-54-64(94(16,17)18)34-50-80(76)99)73-47-48-74-86(100-81-51-35-65(95(19,20)21)55-77(81)78-56-66(96(22,23)24)36-52-82(78)100)58-84(72-46-45-71(83)87(73)88(72)74)98(69-41-29-61(30-42-69)91(7,8)9)70-43-31-62(32-44-70)92(10,11)12/h25-58H,1-24H3. The number of hydrogen-bond donors (Lipinski definition) is 0. The summed E-state index contributed by atoms with van der Waals surface area (Å²) in [5.41, 5.74) is 23.7. The highest BCUT2D eigenvalue weighted by atomic mass is 15.2. The zero-order chi connectivity index (χ0) is 71.7. The van der Waals surface area contributed by atoms with Gasteiger partial charge in [-0.2, -0.15) is 0 Å². The molecule has 4 heteroatoms. The van der Waals surface area contributed by atoms with E-state index in [0.29, 0.717) is 0 Å². The summed E-state index contributed by atoms with van der Waals surface area (Å²) in [6.45, 7) is 55.9. The number of hydrogen-bond acceptors (Lipinski definition) is 2. The first kappa shape index (κ1) is 68.0. The lowest BCUT2D eigenvalue weighted by Gasteiger charge is -2.32. The van der Waals surface area contributed by atoms with Crippen molar-refractivity contribution in [2.45, 2.75) is 209 Å². The number of fused-ring (bicyclic) bond motifs is 6. The molecule has 0 N–H and O–H groups in total. The van der Waals surface area contributed by atoms with Crippen molar-refractivity contribution in [3.63, 3.8) is 0 Å². The monoisotopic (exact) mass is 1310 g/mol. The zero-order valence-corrected chi connectivity index (χ0v) is 64.4.